The fourth-order valence-corrected chi connectivity index (χ4v) is 19.7. The molecule has 1 saturated carbocycles. The molecule has 0 unspecified atom stereocenters. The Morgan fingerprint density at radius 1 is 0.700 bits per heavy atom. The monoisotopic (exact) mass is 476 g/mol. The maximum absolute atomic E-state index is 2.43. The summed E-state index contributed by atoms with van der Waals surface area (Å²) in [5.74, 6) is 4.47. The van der Waals surface area contributed by atoms with E-state index in [1.807, 2.05) is 0 Å². The third-order valence-corrected chi connectivity index (χ3v) is 23.6. The van der Waals surface area contributed by atoms with Crippen LogP contribution in [-0.2, 0) is 32.7 Å². The topological polar surface area (TPSA) is 0 Å². The van der Waals surface area contributed by atoms with Gasteiger partial charge in [-0.1, -0.05) is 26.2 Å². The summed E-state index contributed by atoms with van der Waals surface area (Å²) in [6.45, 7) is 9.52. The van der Waals surface area contributed by atoms with Crippen molar-refractivity contribution in [3.05, 3.63) is 0 Å². The zero-order valence-electron chi connectivity index (χ0n) is 14.3. The first-order valence-corrected chi connectivity index (χ1v) is 18.2. The molecule has 4 aliphatic rings. The van der Waals surface area contributed by atoms with Gasteiger partial charge in [0.05, 0.1) is 0 Å². The first kappa shape index (κ1) is 20.2. The smallest absolute Gasteiger partial charge is 0 e. The Labute approximate surface area is 162 Å². The van der Waals surface area contributed by atoms with Crippen LogP contribution in [0.15, 0.2) is 0 Å². The van der Waals surface area contributed by atoms with Crippen LogP contribution in [0, 0.1) is 23.7 Å². The fourth-order valence-electron chi connectivity index (χ4n) is 4.28. The van der Waals surface area contributed by atoms with Gasteiger partial charge in [-0.25, -0.2) is 0 Å². The summed E-state index contributed by atoms with van der Waals surface area (Å²) >= 11 is -0.431. The minimum Gasteiger partial charge on any atom is 0 e. The molecule has 2 radical (unpaired) electrons. The first-order valence-electron chi connectivity index (χ1n) is 8.81. The SMILES string of the molecule is CC1CCC1.CC1[CH2][GeH][CH2]1.CC1[CH2][Ge]2([CH2]1)[CH2]C(C)[CH2]2.[Y]. The van der Waals surface area contributed by atoms with E-state index in [-0.39, 0.29) is 32.7 Å². The van der Waals surface area contributed by atoms with E-state index in [2.05, 4.69) is 27.7 Å². The average molecular weight is 474 g/mol. The summed E-state index contributed by atoms with van der Waals surface area (Å²) < 4.78 is 0. The molecule has 3 aliphatic heterocycles. The molecule has 0 N–H and O–H groups in total. The molecule has 0 amide bonds. The van der Waals surface area contributed by atoms with Gasteiger partial charge in [0.1, 0.15) is 0 Å². The van der Waals surface area contributed by atoms with Crippen LogP contribution in [0.25, 0.3) is 0 Å². The maximum atomic E-state index is 2.43. The molecule has 0 bridgehead atoms. The van der Waals surface area contributed by atoms with Gasteiger partial charge in [0.25, 0.3) is 0 Å². The predicted molar refractivity (Wildman–Crippen MR) is 92.3 cm³/mol. The number of rotatable bonds is 0. The van der Waals surface area contributed by atoms with E-state index in [1.165, 1.54) is 19.3 Å². The fraction of sp³-hybridized carbons (Fsp3) is 1.00. The molecule has 3 heteroatoms. The Morgan fingerprint density at radius 2 is 1.05 bits per heavy atom. The Bertz CT molecular complexity index is 231. The van der Waals surface area contributed by atoms with Crippen molar-refractivity contribution in [1.82, 2.24) is 0 Å². The Balaban J connectivity index is 0.000000158. The molecule has 1 spiro atoms. The second kappa shape index (κ2) is 9.48. The molecule has 0 atom stereocenters. The van der Waals surface area contributed by atoms with Crippen LogP contribution in [0.3, 0.4) is 0 Å². The van der Waals surface area contributed by atoms with Crippen LogP contribution >= 0.6 is 0 Å². The standard InChI is InChI=1S/C8H16Ge.C5H10.C4H9Ge.Y/c1-7-3-9(4-7)5-8(2)6-9;1-5-3-2-4-5;1-4-2-5-3-4;/h7-8H,3-6H2,1-2H3;5H,2-4H2,1H3;4-5H,2-3H2,1H3;. The summed E-state index contributed by atoms with van der Waals surface area (Å²) in [6, 6.07) is 0. The van der Waals surface area contributed by atoms with Crippen molar-refractivity contribution in [3.63, 3.8) is 0 Å². The van der Waals surface area contributed by atoms with Gasteiger partial charge >= 0.3 is 98.7 Å². The van der Waals surface area contributed by atoms with Gasteiger partial charge in [0.15, 0.2) is 0 Å². The van der Waals surface area contributed by atoms with Gasteiger partial charge in [-0.15, -0.1) is 0 Å². The second-order valence-electron chi connectivity index (χ2n) is 8.43. The molecular weight excluding hydrogens is 438 g/mol. The van der Waals surface area contributed by atoms with Crippen molar-refractivity contribution >= 4 is 28.7 Å². The van der Waals surface area contributed by atoms with Crippen LogP contribution in [0.4, 0.5) is 0 Å². The molecule has 4 fully saturated rings. The quantitative estimate of drug-likeness (QED) is 0.411. The maximum Gasteiger partial charge on any atom is 0 e. The summed E-state index contributed by atoms with van der Waals surface area (Å²) in [4.78, 5) is 0. The normalized spacial score (nSPS) is 38.4. The first-order chi connectivity index (χ1) is 8.99. The third kappa shape index (κ3) is 6.36. The van der Waals surface area contributed by atoms with E-state index in [0.717, 1.165) is 23.7 Å². The molecule has 3 saturated heterocycles. The van der Waals surface area contributed by atoms with E-state index in [4.69, 9.17) is 0 Å². The summed E-state index contributed by atoms with van der Waals surface area (Å²) in [5, 5.41) is 10.2. The van der Waals surface area contributed by atoms with Gasteiger partial charge in [-0.05, 0) is 5.92 Å². The molecule has 20 heavy (non-hydrogen) atoms. The van der Waals surface area contributed by atoms with Crippen molar-refractivity contribution in [2.45, 2.75) is 78.5 Å². The van der Waals surface area contributed by atoms with Crippen LogP contribution in [0.2, 0.25) is 31.5 Å². The average Bonchev–Trinajstić information content (AvgIpc) is 2.21. The van der Waals surface area contributed by atoms with E-state index in [1.54, 1.807) is 31.5 Å². The number of hydrogen-bond donors (Lipinski definition) is 0. The molecule has 0 aromatic rings. The molecule has 114 valence electrons. The zero-order chi connectivity index (χ0) is 13.9. The Hall–Kier alpha value is 2.19. The molecule has 0 aromatic heterocycles. The van der Waals surface area contributed by atoms with E-state index < -0.39 is 13.3 Å². The van der Waals surface area contributed by atoms with E-state index >= 15 is 0 Å². The molecule has 0 nitrogen and oxygen atoms in total. The van der Waals surface area contributed by atoms with Gasteiger partial charge in [0, 0.05) is 32.7 Å². The van der Waals surface area contributed by atoms with Crippen LogP contribution in [-0.4, -0.2) is 28.7 Å². The minimum atomic E-state index is -0.873. The molecule has 3 heterocycles. The van der Waals surface area contributed by atoms with Crippen LogP contribution in [0.1, 0.15) is 47.0 Å². The van der Waals surface area contributed by atoms with Gasteiger partial charge in [-0.2, -0.15) is 0 Å². The Kier molecular flexibility index (Phi) is 9.59. The second-order valence-corrected chi connectivity index (χ2v) is 21.3. The molecule has 1 aliphatic carbocycles. The van der Waals surface area contributed by atoms with Crippen LogP contribution < -0.4 is 0 Å². The van der Waals surface area contributed by atoms with E-state index in [0.29, 0.717) is 15.4 Å². The van der Waals surface area contributed by atoms with Crippen molar-refractivity contribution in [2.24, 2.45) is 23.7 Å². The van der Waals surface area contributed by atoms with Gasteiger partial charge in [-0.3, -0.25) is 0 Å². The largest absolute Gasteiger partial charge is 0 e. The predicted octanol–water partition coefficient (Wildman–Crippen LogP) is 5.45. The summed E-state index contributed by atoms with van der Waals surface area (Å²) in [7, 11) is 0. The van der Waals surface area contributed by atoms with Crippen molar-refractivity contribution in [1.29, 1.82) is 0 Å². The molecule has 0 aromatic carbocycles. The third-order valence-electron chi connectivity index (χ3n) is 5.66. The molecular formula is C17H35Ge2Y. The van der Waals surface area contributed by atoms with Crippen molar-refractivity contribution < 1.29 is 32.7 Å². The summed E-state index contributed by atoms with van der Waals surface area (Å²) in [5.41, 5.74) is 0. The number of hydrogen-bond acceptors (Lipinski definition) is 0. The van der Waals surface area contributed by atoms with Gasteiger partial charge < -0.3 is 0 Å². The Morgan fingerprint density at radius 3 is 1.15 bits per heavy atom. The zero-order valence-corrected chi connectivity index (χ0v) is 21.7. The van der Waals surface area contributed by atoms with E-state index in [9.17, 15) is 0 Å². The van der Waals surface area contributed by atoms with Gasteiger partial charge in [0.2, 0.25) is 0 Å². The van der Waals surface area contributed by atoms with Crippen molar-refractivity contribution in [3.8, 4) is 0 Å². The summed E-state index contributed by atoms with van der Waals surface area (Å²) in [6.07, 6.45) is 4.46. The van der Waals surface area contributed by atoms with Crippen LogP contribution in [0.5, 0.6) is 0 Å². The minimum absolute atomic E-state index is 0. The van der Waals surface area contributed by atoms with Crippen molar-refractivity contribution in [2.75, 3.05) is 0 Å². The molecule has 4 rings (SSSR count).